The maximum atomic E-state index is 12.3. The lowest BCUT2D eigenvalue weighted by atomic mass is 10.1. The van der Waals surface area contributed by atoms with Gasteiger partial charge in [0.1, 0.15) is 0 Å². The number of esters is 1. The average Bonchev–Trinajstić information content (AvgIpc) is 3.30. The molecule has 24 heavy (non-hydrogen) atoms. The van der Waals surface area contributed by atoms with Gasteiger partial charge in [-0.2, -0.15) is 0 Å². The predicted octanol–water partition coefficient (Wildman–Crippen LogP) is 3.84. The Bertz CT molecular complexity index is 984. The van der Waals surface area contributed by atoms with Crippen LogP contribution in [0, 0.1) is 0 Å². The zero-order chi connectivity index (χ0) is 16.4. The summed E-state index contributed by atoms with van der Waals surface area (Å²) in [6.45, 7) is -0.101. The lowest BCUT2D eigenvalue weighted by molar-refractivity contribution is 0.0441. The Morgan fingerprint density at radius 1 is 1.00 bits per heavy atom. The van der Waals surface area contributed by atoms with E-state index in [2.05, 4.69) is 10.2 Å². The van der Waals surface area contributed by atoms with Crippen molar-refractivity contribution in [2.75, 3.05) is 0 Å². The van der Waals surface area contributed by atoms with E-state index < -0.39 is 5.97 Å². The van der Waals surface area contributed by atoms with Crippen molar-refractivity contribution in [2.24, 2.45) is 0 Å². The zero-order valence-electron chi connectivity index (χ0n) is 12.5. The van der Waals surface area contributed by atoms with Crippen LogP contribution in [-0.2, 0) is 11.3 Å². The van der Waals surface area contributed by atoms with Crippen LogP contribution in [-0.4, -0.2) is 16.2 Å². The molecule has 0 atom stereocenters. The van der Waals surface area contributed by atoms with Gasteiger partial charge >= 0.3 is 5.97 Å². The van der Waals surface area contributed by atoms with E-state index in [-0.39, 0.29) is 18.4 Å². The van der Waals surface area contributed by atoms with Crippen LogP contribution in [0.15, 0.2) is 69.7 Å². The molecule has 0 N–H and O–H groups in total. The third kappa shape index (κ3) is 2.65. The van der Waals surface area contributed by atoms with Gasteiger partial charge in [-0.05, 0) is 29.0 Å². The normalized spacial score (nSPS) is 10.8. The second-order valence-corrected chi connectivity index (χ2v) is 5.08. The summed E-state index contributed by atoms with van der Waals surface area (Å²) < 4.78 is 15.9. The molecule has 6 heteroatoms. The number of fused-ring (bicyclic) bond motifs is 1. The molecule has 0 aliphatic rings. The number of benzene rings is 2. The average molecular weight is 320 g/mol. The first kappa shape index (κ1) is 14.2. The minimum atomic E-state index is -0.440. The third-order valence-electron chi connectivity index (χ3n) is 3.54. The molecule has 0 radical (unpaired) electrons. The number of carbonyl (C=O) groups excluding carboxylic acids is 1. The fraction of sp³-hybridized carbons (Fsp3) is 0.0556. The number of rotatable bonds is 4. The van der Waals surface area contributed by atoms with E-state index in [9.17, 15) is 4.79 Å². The third-order valence-corrected chi connectivity index (χ3v) is 3.54. The topological polar surface area (TPSA) is 78.4 Å². The molecule has 0 aliphatic carbocycles. The van der Waals surface area contributed by atoms with Crippen LogP contribution in [0.3, 0.4) is 0 Å². The van der Waals surface area contributed by atoms with Crippen molar-refractivity contribution >= 4 is 16.7 Å². The maximum absolute atomic E-state index is 12.3. The molecule has 4 aromatic rings. The fourth-order valence-electron chi connectivity index (χ4n) is 2.42. The second-order valence-electron chi connectivity index (χ2n) is 5.08. The van der Waals surface area contributed by atoms with Crippen LogP contribution in [0.25, 0.3) is 22.4 Å². The highest BCUT2D eigenvalue weighted by Crippen LogP contribution is 2.21. The molecule has 2 aromatic heterocycles. The Morgan fingerprint density at radius 3 is 2.75 bits per heavy atom. The van der Waals surface area contributed by atoms with Gasteiger partial charge in [-0.15, -0.1) is 10.2 Å². The Kier molecular flexibility index (Phi) is 3.55. The SMILES string of the molecule is O=C(OCc1nnc(-c2ccco2)o1)c1cccc2ccccc12. The highest BCUT2D eigenvalue weighted by Gasteiger charge is 2.15. The van der Waals surface area contributed by atoms with E-state index in [0.717, 1.165) is 10.8 Å². The van der Waals surface area contributed by atoms with Gasteiger partial charge in [0.05, 0.1) is 11.8 Å². The molecule has 0 amide bonds. The van der Waals surface area contributed by atoms with E-state index in [1.807, 2.05) is 36.4 Å². The summed E-state index contributed by atoms with van der Waals surface area (Å²) in [5, 5.41) is 9.52. The number of carbonyl (C=O) groups is 1. The van der Waals surface area contributed by atoms with Crippen LogP contribution in [0.2, 0.25) is 0 Å². The van der Waals surface area contributed by atoms with Crippen LogP contribution in [0.5, 0.6) is 0 Å². The van der Waals surface area contributed by atoms with Gasteiger partial charge in [0, 0.05) is 0 Å². The van der Waals surface area contributed by atoms with Crippen LogP contribution >= 0.6 is 0 Å². The number of hydrogen-bond donors (Lipinski definition) is 0. The molecule has 118 valence electrons. The summed E-state index contributed by atoms with van der Waals surface area (Å²) in [6, 6.07) is 16.6. The first-order valence-corrected chi connectivity index (χ1v) is 7.32. The van der Waals surface area contributed by atoms with Gasteiger partial charge in [-0.25, -0.2) is 4.79 Å². The molecule has 4 rings (SSSR count). The van der Waals surface area contributed by atoms with E-state index >= 15 is 0 Å². The summed E-state index contributed by atoms with van der Waals surface area (Å²) in [4.78, 5) is 12.3. The summed E-state index contributed by atoms with van der Waals surface area (Å²) in [7, 11) is 0. The highest BCUT2D eigenvalue weighted by molar-refractivity contribution is 6.04. The number of hydrogen-bond acceptors (Lipinski definition) is 6. The van der Waals surface area contributed by atoms with Crippen molar-refractivity contribution in [2.45, 2.75) is 6.61 Å². The van der Waals surface area contributed by atoms with E-state index in [1.165, 1.54) is 6.26 Å². The Morgan fingerprint density at radius 2 is 1.88 bits per heavy atom. The molecule has 2 aromatic carbocycles. The molecule has 0 spiro atoms. The first-order chi connectivity index (χ1) is 11.8. The number of ether oxygens (including phenoxy) is 1. The quantitative estimate of drug-likeness (QED) is 0.532. The molecule has 0 saturated heterocycles. The Hall–Kier alpha value is -3.41. The number of aromatic nitrogens is 2. The molecule has 0 saturated carbocycles. The molecule has 0 fully saturated rings. The van der Waals surface area contributed by atoms with Crippen molar-refractivity contribution < 1.29 is 18.4 Å². The first-order valence-electron chi connectivity index (χ1n) is 7.32. The highest BCUT2D eigenvalue weighted by atomic mass is 16.5. The fourth-order valence-corrected chi connectivity index (χ4v) is 2.42. The van der Waals surface area contributed by atoms with Gasteiger partial charge in [-0.1, -0.05) is 36.4 Å². The van der Waals surface area contributed by atoms with E-state index in [4.69, 9.17) is 13.6 Å². The van der Waals surface area contributed by atoms with Crippen molar-refractivity contribution in [1.82, 2.24) is 10.2 Å². The summed E-state index contributed by atoms with van der Waals surface area (Å²) in [5.41, 5.74) is 0.499. The van der Waals surface area contributed by atoms with Gasteiger partial charge in [0.15, 0.2) is 12.4 Å². The largest absolute Gasteiger partial charge is 0.459 e. The van der Waals surface area contributed by atoms with Crippen molar-refractivity contribution in [3.63, 3.8) is 0 Å². The number of nitrogens with zero attached hydrogens (tertiary/aromatic N) is 2. The summed E-state index contributed by atoms with van der Waals surface area (Å²) >= 11 is 0. The zero-order valence-corrected chi connectivity index (χ0v) is 12.5. The Balaban J connectivity index is 1.50. The minimum absolute atomic E-state index is 0.101. The number of furan rings is 1. The van der Waals surface area contributed by atoms with Crippen LogP contribution in [0.4, 0.5) is 0 Å². The van der Waals surface area contributed by atoms with Crippen molar-refractivity contribution in [1.29, 1.82) is 0 Å². The van der Waals surface area contributed by atoms with Gasteiger partial charge < -0.3 is 13.6 Å². The van der Waals surface area contributed by atoms with Crippen LogP contribution in [0.1, 0.15) is 16.2 Å². The molecule has 2 heterocycles. The van der Waals surface area contributed by atoms with Crippen molar-refractivity contribution in [3.8, 4) is 11.7 Å². The molecule has 6 nitrogen and oxygen atoms in total. The monoisotopic (exact) mass is 320 g/mol. The van der Waals surface area contributed by atoms with Gasteiger partial charge in [-0.3, -0.25) is 0 Å². The summed E-state index contributed by atoms with van der Waals surface area (Å²) in [5.74, 6) is 0.477. The molecule has 0 bridgehead atoms. The molecule has 0 aliphatic heterocycles. The molecular formula is C18H12N2O4. The second kappa shape index (κ2) is 6.00. The lowest BCUT2D eigenvalue weighted by Gasteiger charge is -2.05. The van der Waals surface area contributed by atoms with Gasteiger partial charge in [0.25, 0.3) is 11.8 Å². The maximum Gasteiger partial charge on any atom is 0.339 e. The minimum Gasteiger partial charge on any atom is -0.459 e. The summed E-state index contributed by atoms with van der Waals surface area (Å²) in [6.07, 6.45) is 1.51. The van der Waals surface area contributed by atoms with Crippen LogP contribution < -0.4 is 0 Å². The molecular weight excluding hydrogens is 308 g/mol. The lowest BCUT2D eigenvalue weighted by Crippen LogP contribution is -2.06. The van der Waals surface area contributed by atoms with E-state index in [1.54, 1.807) is 18.2 Å². The van der Waals surface area contributed by atoms with Gasteiger partial charge in [0.2, 0.25) is 0 Å². The standard InChI is InChI=1S/C18H12N2O4/c21-18(14-8-3-6-12-5-1-2-7-13(12)14)23-11-16-19-20-17(24-16)15-9-4-10-22-15/h1-10H,11H2. The smallest absolute Gasteiger partial charge is 0.339 e. The van der Waals surface area contributed by atoms with Crippen molar-refractivity contribution in [3.05, 3.63) is 72.3 Å². The predicted molar refractivity (Wildman–Crippen MR) is 85.1 cm³/mol. The Labute approximate surface area is 136 Å². The molecule has 0 unspecified atom stereocenters. The van der Waals surface area contributed by atoms with E-state index in [0.29, 0.717) is 11.3 Å².